The van der Waals surface area contributed by atoms with Crippen molar-refractivity contribution in [2.24, 2.45) is 0 Å². The van der Waals surface area contributed by atoms with E-state index in [1.807, 2.05) is 36.4 Å². The molecule has 3 heterocycles. The molecule has 0 aliphatic heterocycles. The maximum Gasteiger partial charge on any atom is 0.317 e. The van der Waals surface area contributed by atoms with Gasteiger partial charge in [0.2, 0.25) is 5.65 Å². The smallest absolute Gasteiger partial charge is 0.317 e. The van der Waals surface area contributed by atoms with Crippen LogP contribution in [0.3, 0.4) is 0 Å². The molecular formula is C21H15BrN6O2S. The van der Waals surface area contributed by atoms with Gasteiger partial charge in [-0.25, -0.2) is 4.98 Å². The molecule has 0 spiro atoms. The second-order valence-corrected chi connectivity index (χ2v) is 9.55. The van der Waals surface area contributed by atoms with E-state index in [2.05, 4.69) is 41.5 Å². The van der Waals surface area contributed by atoms with Crippen molar-refractivity contribution in [1.29, 1.82) is 0 Å². The lowest BCUT2D eigenvalue weighted by Crippen LogP contribution is -2.13. The van der Waals surface area contributed by atoms with E-state index in [9.17, 15) is 8.76 Å². The molecule has 1 atom stereocenters. The number of aromatic nitrogens is 5. The summed E-state index contributed by atoms with van der Waals surface area (Å²) in [4.78, 5) is 8.76. The third-order valence-electron chi connectivity index (χ3n) is 4.81. The highest BCUT2D eigenvalue weighted by molar-refractivity contribution is 9.10. The summed E-state index contributed by atoms with van der Waals surface area (Å²) in [7, 11) is -3.91. The largest absolute Gasteiger partial charge is 0.604 e. The van der Waals surface area contributed by atoms with Crippen molar-refractivity contribution in [3.8, 4) is 0 Å². The van der Waals surface area contributed by atoms with Crippen molar-refractivity contribution in [2.45, 2.75) is 16.5 Å². The Morgan fingerprint density at radius 3 is 2.55 bits per heavy atom. The fraction of sp³-hybridized carbons (Fsp3) is 0.0476. The number of halogens is 1. The molecule has 8 nitrogen and oxygen atoms in total. The van der Waals surface area contributed by atoms with E-state index >= 15 is 0 Å². The van der Waals surface area contributed by atoms with Gasteiger partial charge in [0.15, 0.2) is 4.90 Å². The molecule has 3 aromatic heterocycles. The number of hydrogen-bond donors (Lipinski definition) is 1. The van der Waals surface area contributed by atoms with Crippen LogP contribution in [-0.4, -0.2) is 29.3 Å². The predicted molar refractivity (Wildman–Crippen MR) is 119 cm³/mol. The average Bonchev–Trinajstić information content (AvgIpc) is 3.23. The Hall–Kier alpha value is -3.21. The Kier molecular flexibility index (Phi) is 4.97. The number of sulfone groups is 1. The topological polar surface area (TPSA) is 108 Å². The lowest BCUT2D eigenvalue weighted by molar-refractivity contribution is 0.475. The predicted octanol–water partition coefficient (Wildman–Crippen LogP) is 4.10. The van der Waals surface area contributed by atoms with Crippen LogP contribution in [0.25, 0.3) is 16.6 Å². The summed E-state index contributed by atoms with van der Waals surface area (Å²) in [5.41, 5.74) is 1.89. The monoisotopic (exact) mass is 494 g/mol. The molecule has 1 unspecified atom stereocenters. The summed E-state index contributed by atoms with van der Waals surface area (Å²) in [6.07, 6.45) is 3.44. The van der Waals surface area contributed by atoms with Gasteiger partial charge in [0.05, 0.1) is 5.52 Å². The highest BCUT2D eigenvalue weighted by Gasteiger charge is 2.32. The molecule has 1 N–H and O–H groups in total. The molecule has 0 bridgehead atoms. The SMILES string of the molecule is O=[S+]([O-])(c1ccc(Br)cc1)c1nnn2c1nc(NCc1ccncc1)c1ccccc12. The van der Waals surface area contributed by atoms with Crippen LogP contribution in [0.2, 0.25) is 0 Å². The quantitative estimate of drug-likeness (QED) is 0.366. The van der Waals surface area contributed by atoms with Gasteiger partial charge in [0.1, 0.15) is 16.0 Å². The van der Waals surface area contributed by atoms with E-state index < -0.39 is 10.2 Å². The highest BCUT2D eigenvalue weighted by Crippen LogP contribution is 2.31. The summed E-state index contributed by atoms with van der Waals surface area (Å²) in [6.45, 7) is 0.506. The van der Waals surface area contributed by atoms with Gasteiger partial charge in [-0.15, -0.1) is 0 Å². The maximum absolute atomic E-state index is 13.2. The first-order valence-corrected chi connectivity index (χ1v) is 11.6. The highest BCUT2D eigenvalue weighted by atomic mass is 79.9. The number of para-hydroxylation sites is 1. The summed E-state index contributed by atoms with van der Waals surface area (Å²) >= 11 is 3.32. The fourth-order valence-corrected chi connectivity index (χ4v) is 4.76. The third-order valence-corrected chi connectivity index (χ3v) is 7.00. The zero-order valence-corrected chi connectivity index (χ0v) is 18.4. The minimum atomic E-state index is -3.91. The van der Waals surface area contributed by atoms with Crippen LogP contribution in [0.4, 0.5) is 5.82 Å². The number of nitrogens with one attached hydrogen (secondary N) is 1. The van der Waals surface area contributed by atoms with E-state index in [0.29, 0.717) is 17.9 Å². The van der Waals surface area contributed by atoms with Crippen LogP contribution in [0.15, 0.2) is 87.5 Å². The minimum absolute atomic E-state index is 0.124. The molecule has 0 fully saturated rings. The van der Waals surface area contributed by atoms with E-state index in [0.717, 1.165) is 15.4 Å². The number of pyridine rings is 1. The first-order valence-electron chi connectivity index (χ1n) is 9.31. The third kappa shape index (κ3) is 3.58. The Bertz CT molecular complexity index is 1440. The Morgan fingerprint density at radius 2 is 1.77 bits per heavy atom. The first-order chi connectivity index (χ1) is 15.0. The van der Waals surface area contributed by atoms with E-state index in [1.54, 1.807) is 24.5 Å². The minimum Gasteiger partial charge on any atom is -0.604 e. The molecule has 5 rings (SSSR count). The van der Waals surface area contributed by atoms with Crippen LogP contribution in [0, 0.1) is 0 Å². The number of anilines is 1. The Labute approximate surface area is 186 Å². The zero-order valence-electron chi connectivity index (χ0n) is 16.0. The molecule has 5 aromatic rings. The van der Waals surface area contributed by atoms with Crippen molar-refractivity contribution in [1.82, 2.24) is 24.8 Å². The van der Waals surface area contributed by atoms with Gasteiger partial charge in [0.25, 0.3) is 0 Å². The number of rotatable bonds is 5. The molecule has 0 aliphatic carbocycles. The van der Waals surface area contributed by atoms with Crippen molar-refractivity contribution in [2.75, 3.05) is 5.32 Å². The molecule has 0 radical (unpaired) electrons. The maximum atomic E-state index is 13.2. The van der Waals surface area contributed by atoms with E-state index in [4.69, 9.17) is 0 Å². The molecule has 154 valence electrons. The Balaban J connectivity index is 1.65. The number of hydrogen-bond acceptors (Lipinski definition) is 7. The number of nitrogens with zero attached hydrogens (tertiary/aromatic N) is 5. The van der Waals surface area contributed by atoms with Crippen molar-refractivity contribution < 1.29 is 8.76 Å². The molecular weight excluding hydrogens is 480 g/mol. The lowest BCUT2D eigenvalue weighted by Gasteiger charge is -2.13. The van der Waals surface area contributed by atoms with Crippen molar-refractivity contribution in [3.63, 3.8) is 0 Å². The van der Waals surface area contributed by atoms with Crippen molar-refractivity contribution in [3.05, 3.63) is 83.1 Å². The molecule has 0 aliphatic rings. The van der Waals surface area contributed by atoms with Crippen LogP contribution in [0.5, 0.6) is 0 Å². The van der Waals surface area contributed by atoms with Crippen LogP contribution in [-0.2, 0) is 21.0 Å². The molecule has 0 amide bonds. The normalized spacial score (nSPS) is 13.4. The zero-order chi connectivity index (χ0) is 21.4. The fourth-order valence-electron chi connectivity index (χ4n) is 3.27. The van der Waals surface area contributed by atoms with E-state index in [-0.39, 0.29) is 15.6 Å². The van der Waals surface area contributed by atoms with Gasteiger partial charge in [-0.3, -0.25) is 4.98 Å². The molecule has 0 saturated carbocycles. The van der Waals surface area contributed by atoms with Gasteiger partial charge >= 0.3 is 5.03 Å². The summed E-state index contributed by atoms with van der Waals surface area (Å²) in [5.74, 6) is 0.550. The summed E-state index contributed by atoms with van der Waals surface area (Å²) in [5, 5.41) is 12.0. The second kappa shape index (κ2) is 7.80. The van der Waals surface area contributed by atoms with Crippen molar-refractivity contribution >= 4 is 48.5 Å². The molecule has 10 heteroatoms. The molecule has 31 heavy (non-hydrogen) atoms. The van der Waals surface area contributed by atoms with E-state index in [1.165, 1.54) is 16.6 Å². The standard InChI is InChI=1S/C21H15BrN6O2S/c22-15-5-7-16(8-6-15)31(29,30)21-20-25-19(24-13-14-9-11-23-12-10-14)17-3-1-2-4-18(17)28(20)27-26-21/h1-12H,13H2,(H-,24,25,29,30). The van der Waals surface area contributed by atoms with Crippen LogP contribution >= 0.6 is 15.9 Å². The van der Waals surface area contributed by atoms with Gasteiger partial charge < -0.3 is 9.87 Å². The summed E-state index contributed by atoms with van der Waals surface area (Å²) < 4.78 is 28.7. The lowest BCUT2D eigenvalue weighted by atomic mass is 10.2. The van der Waals surface area contributed by atoms with Crippen LogP contribution < -0.4 is 5.32 Å². The second-order valence-electron chi connectivity index (χ2n) is 6.77. The number of benzene rings is 2. The summed E-state index contributed by atoms with van der Waals surface area (Å²) in [6, 6.07) is 17.7. The first kappa shape index (κ1) is 19.7. The average molecular weight is 495 g/mol. The number of fused-ring (bicyclic) bond motifs is 3. The van der Waals surface area contributed by atoms with Crippen LogP contribution in [0.1, 0.15) is 5.56 Å². The Morgan fingerprint density at radius 1 is 1.03 bits per heavy atom. The molecule has 0 saturated heterocycles. The van der Waals surface area contributed by atoms with Gasteiger partial charge in [-0.1, -0.05) is 42.6 Å². The van der Waals surface area contributed by atoms with Gasteiger partial charge in [-0.2, -0.15) is 4.52 Å². The molecule has 2 aromatic carbocycles. The van der Waals surface area contributed by atoms with Gasteiger partial charge in [-0.05, 0) is 54.1 Å². The van der Waals surface area contributed by atoms with Gasteiger partial charge in [0, 0.05) is 28.8 Å².